The van der Waals surface area contributed by atoms with Crippen molar-refractivity contribution >= 4 is 86.2 Å². The Kier molecular flexibility index (Phi) is 45.3. The average molecular weight is 1830 g/mol. The second kappa shape index (κ2) is 47.3. The zero-order valence-corrected chi connectivity index (χ0v) is 67.0. The van der Waals surface area contributed by atoms with Gasteiger partial charge in [-0.05, 0) is 110 Å². The van der Waals surface area contributed by atoms with Gasteiger partial charge in [0.1, 0.15) is 89.5 Å². The predicted octanol–water partition coefficient (Wildman–Crippen LogP) is -10.00. The fourth-order valence-electron chi connectivity index (χ4n) is 12.5. The van der Waals surface area contributed by atoms with Crippen molar-refractivity contribution in [3.05, 3.63) is 117 Å². The van der Waals surface area contributed by atoms with Crippen LogP contribution in [0.4, 0.5) is 0 Å². The second-order valence-electron chi connectivity index (χ2n) is 26.7. The number of carbonyl (C=O) groups is 8. The highest BCUT2D eigenvalue weighted by molar-refractivity contribution is 7.45. The van der Waals surface area contributed by atoms with E-state index in [1.165, 1.54) is 33.0 Å². The normalized spacial score (nSPS) is 25.5. The monoisotopic (exact) mass is 1820 g/mol. The van der Waals surface area contributed by atoms with Crippen molar-refractivity contribution in [2.24, 2.45) is 17.4 Å². The largest absolute Gasteiger partial charge is 0.508 e. The first kappa shape index (κ1) is 116. The molecule has 7 amide bonds. The summed E-state index contributed by atoms with van der Waals surface area (Å²) in [5.74, 6) is -16.0. The zero-order valence-electron chi connectivity index (χ0n) is 63.7. The molecule has 0 aliphatic carbocycles. The van der Waals surface area contributed by atoms with E-state index in [1.54, 1.807) is 0 Å². The number of hydrogen-bond acceptors (Lipinski definition) is 27. The number of rotatable bonds is 13. The van der Waals surface area contributed by atoms with Crippen LogP contribution in [0, 0.1) is 5.92 Å². The molecule has 0 saturated carbocycles. The number of aliphatic carboxylic acids is 1. The van der Waals surface area contributed by atoms with E-state index < -0.39 is 253 Å². The molecule has 7 heterocycles. The second-order valence-corrected chi connectivity index (χ2v) is 29.6. The number of ether oxygens (including phenoxy) is 6. The molecule has 7 aliphatic heterocycles. The minimum absolute atomic E-state index is 0. The van der Waals surface area contributed by atoms with E-state index in [0.29, 0.717) is 0 Å². The van der Waals surface area contributed by atoms with Gasteiger partial charge in [-0.2, -0.15) is 0 Å². The van der Waals surface area contributed by atoms with Crippen molar-refractivity contribution in [3.8, 4) is 57.1 Å². The van der Waals surface area contributed by atoms with E-state index in [1.807, 2.05) is 13.8 Å². The van der Waals surface area contributed by atoms with Crippen molar-refractivity contribution in [1.29, 1.82) is 0 Å². The van der Waals surface area contributed by atoms with E-state index in [4.69, 9.17) is 102 Å². The summed E-state index contributed by atoms with van der Waals surface area (Å²) in [4.78, 5) is 160. The molecule has 0 spiro atoms. The van der Waals surface area contributed by atoms with Crippen molar-refractivity contribution in [2.75, 3.05) is 13.7 Å². The third kappa shape index (κ3) is 28.9. The summed E-state index contributed by atoms with van der Waals surface area (Å²) in [7, 11) is -7.81. The first-order valence-corrected chi connectivity index (χ1v) is 37.1. The van der Waals surface area contributed by atoms with Gasteiger partial charge < -0.3 is 212 Å². The number of nitrogens with two attached hydrogens (primary N) is 2. The van der Waals surface area contributed by atoms with Gasteiger partial charge in [0.25, 0.3) is 0 Å². The highest BCUT2D eigenvalue weighted by Crippen LogP contribution is 2.50. The molecule has 5 aromatic carbocycles. The molecule has 11 bridgehead atoms. The third-order valence-electron chi connectivity index (χ3n) is 17.8. The summed E-state index contributed by atoms with van der Waals surface area (Å²) in [5, 5.41) is 131. The Hall–Kier alpha value is -9.38. The summed E-state index contributed by atoms with van der Waals surface area (Å²) < 4.78 is 56.1. The number of fused-ring (bicyclic) bond motifs is 15. The first-order valence-electron chi connectivity index (χ1n) is 33.2. The lowest BCUT2D eigenvalue weighted by Crippen LogP contribution is -2.64. The smallest absolute Gasteiger partial charge is 0.466 e. The molecule has 7 aliphatic rings. The maximum atomic E-state index is 16.0. The summed E-state index contributed by atoms with van der Waals surface area (Å²) >= 11 is 14.1. The molecule has 686 valence electrons. The number of aromatic hydroxyl groups is 3. The number of nitrogens with one attached hydrogen (secondary N) is 7. The third-order valence-corrected chi connectivity index (χ3v) is 18.4. The molecule has 121 heavy (non-hydrogen) atoms. The van der Waals surface area contributed by atoms with Crippen LogP contribution in [-0.2, 0) is 61.7 Å². The quantitative estimate of drug-likeness (QED) is 0.0487. The lowest BCUT2D eigenvalue weighted by molar-refractivity contribution is -0.333. The van der Waals surface area contributed by atoms with Crippen LogP contribution in [0.2, 0.25) is 10.0 Å². The van der Waals surface area contributed by atoms with Crippen molar-refractivity contribution in [3.63, 3.8) is 0 Å². The molecular weight excluding hydrogens is 1720 g/mol. The number of phenols is 3. The summed E-state index contributed by atoms with van der Waals surface area (Å²) in [6.45, 7) is 5.66. The summed E-state index contributed by atoms with van der Waals surface area (Å²) in [5.41, 5.74) is 8.00. The number of amides is 7. The number of aliphatic hydroxyl groups excluding tert-OH is 6. The topological polar surface area (TPSA) is 1000 Å². The number of aliphatic hydroxyl groups is 6. The van der Waals surface area contributed by atoms with Crippen LogP contribution in [0.5, 0.6) is 46.0 Å². The van der Waals surface area contributed by atoms with Crippen LogP contribution < -0.4 is 62.9 Å². The van der Waals surface area contributed by atoms with Crippen LogP contribution in [0.3, 0.4) is 0 Å². The zero-order chi connectivity index (χ0) is 82.5. The number of carboxylic acids is 1. The molecule has 47 N–H and O–H groups in total. The Balaban J connectivity index is -0.00000657. The van der Waals surface area contributed by atoms with E-state index in [-0.39, 0.29) is 101 Å². The number of phosphoric acid groups is 2. The molecule has 0 radical (unpaired) electrons. The molecular formula is C66H101Cl2N9O42P2. The Morgan fingerprint density at radius 2 is 1.14 bits per heavy atom. The van der Waals surface area contributed by atoms with Gasteiger partial charge in [0, 0.05) is 34.7 Å². The predicted molar refractivity (Wildman–Crippen MR) is 414 cm³/mol. The van der Waals surface area contributed by atoms with Crippen molar-refractivity contribution < 1.29 is 211 Å². The van der Waals surface area contributed by atoms with Crippen LogP contribution in [0.15, 0.2) is 78.9 Å². The van der Waals surface area contributed by atoms with Crippen molar-refractivity contribution in [2.45, 2.75) is 156 Å². The molecule has 18 atom stereocenters. The number of carbonyl (C=O) groups excluding carboxylic acids is 7. The molecule has 2 fully saturated rings. The summed E-state index contributed by atoms with van der Waals surface area (Å²) in [6.07, 6.45) is -18.6. The van der Waals surface area contributed by atoms with Gasteiger partial charge >= 0.3 is 21.6 Å². The maximum Gasteiger partial charge on any atom is 0.466 e. The number of carboxylic acid groups (broad SMARTS) is 1. The minimum atomic E-state index is -4.64. The van der Waals surface area contributed by atoms with Gasteiger partial charge in [-0.15, -0.1) is 0 Å². The maximum absolute atomic E-state index is 16.0. The molecule has 51 nitrogen and oxygen atoms in total. The van der Waals surface area contributed by atoms with E-state index in [2.05, 4.69) is 37.2 Å². The Morgan fingerprint density at radius 1 is 0.636 bits per heavy atom. The number of hydrogen-bond donors (Lipinski definition) is 25. The Morgan fingerprint density at radius 3 is 1.63 bits per heavy atom. The highest BCUT2D eigenvalue weighted by Gasteiger charge is 2.52. The Bertz CT molecular complexity index is 4440. The van der Waals surface area contributed by atoms with Gasteiger partial charge in [-0.1, -0.05) is 55.2 Å². The average Bonchev–Trinajstić information content (AvgIpc) is 0.766. The van der Waals surface area contributed by atoms with Crippen LogP contribution >= 0.6 is 38.8 Å². The van der Waals surface area contributed by atoms with E-state index in [9.17, 15) is 75.0 Å². The van der Waals surface area contributed by atoms with E-state index >= 15 is 14.4 Å². The minimum Gasteiger partial charge on any atom is -0.508 e. The summed E-state index contributed by atoms with van der Waals surface area (Å²) in [6, 6.07) is -0.679. The number of benzene rings is 5. The fourth-order valence-corrected chi connectivity index (χ4v) is 12.9. The van der Waals surface area contributed by atoms with Gasteiger partial charge in [0.2, 0.25) is 53.4 Å². The number of primary amides is 1. The van der Waals surface area contributed by atoms with Gasteiger partial charge in [0.05, 0.1) is 41.3 Å². The fraction of sp³-hybridized carbons (Fsp3) is 0.424. The number of phenolic OH excluding ortho intramolecular Hbond substituents is 3. The highest BCUT2D eigenvalue weighted by atomic mass is 35.5. The van der Waals surface area contributed by atoms with Gasteiger partial charge in [-0.3, -0.25) is 33.6 Å². The number of halogens is 2. The van der Waals surface area contributed by atoms with Gasteiger partial charge in [0.15, 0.2) is 29.9 Å². The number of likely N-dealkylation sites (N-methyl/N-ethyl adjacent to an activating group) is 1. The first-order chi connectivity index (χ1) is 51.7. The molecule has 0 aromatic heterocycles. The molecule has 5 aromatic rings. The molecule has 12 rings (SSSR count). The standard InChI is InChI=1S/C66H75Cl2N9O24.2H3O4P.10H2O/c1-23(2)12-34(71-5)58(88)76-49-51(83)26-7-10-38(32(67)14-26)97-40-16-28-17-41(55(40)101-65-56(54(86)53(85)42(22-78)99-65)100-44-21-66(4,70)57(87)24(3)96-44)98-39-11-8-27(15-33(39)68)52(84)50-63(93)75-48(64(94)95)31-18-29(79)19-37(81)45(31)30-13-25(6-9-36(30)80)46(60(90)77-50)74-61(91)47(28)73-59(89)35(20-43(69)82)72-62(49)92;2*1-5(2,3)4;;;;;;;;;;/h6-11,13-19,23-24,34-35,42,44,46-54,56-57,65,71,78-81,83-87H,12,20-22,70H2,1-5H3,(H2,69,82)(H,72,92)(H,73,89)(H,74,91)(H,75,93)(H,76,88)(H,77,90)(H,94,95);2*(H3,1,2,3,4);10*1H2. The lowest BCUT2D eigenvalue weighted by atomic mass is 9.86. The van der Waals surface area contributed by atoms with Gasteiger partial charge in [-0.25, -0.2) is 13.9 Å². The van der Waals surface area contributed by atoms with Crippen LogP contribution in [0.1, 0.15) is 105 Å². The molecule has 55 heteroatoms. The SMILES string of the molecule is CNC(CC(C)C)C(=O)NC1C(=O)NC(CC(N)=O)C(=O)NC2C(=O)NC3C(=O)NC(C(=O)NC(C(=O)O)c4cc(O)cc(O)c4-c4cc3ccc4O)C(O)c3ccc(c(Cl)c3)Oc3cc2cc(c3OC2OC(CO)C(O)C(O)C2OC2CC(C)(N)C(O)C(C)O2)Oc2ccc(cc2Cl)C1O.O.O.O.O.O.O.O.O.O.O.O=P(O)(O)O.O=P(O)(O)O. The van der Waals surface area contributed by atoms with Crippen LogP contribution in [-0.4, -0.2) is 275 Å². The van der Waals surface area contributed by atoms with E-state index in [0.717, 1.165) is 66.7 Å². The van der Waals surface area contributed by atoms with Crippen LogP contribution in [0.25, 0.3) is 11.1 Å². The molecule has 18 unspecified atom stereocenters. The lowest BCUT2D eigenvalue weighted by Gasteiger charge is -2.47. The molecule has 2 saturated heterocycles. The Labute approximate surface area is 693 Å². The van der Waals surface area contributed by atoms with Crippen molar-refractivity contribution in [1.82, 2.24) is 37.2 Å².